The Morgan fingerprint density at radius 2 is 2.09 bits per heavy atom. The van der Waals surface area contributed by atoms with Crippen molar-refractivity contribution in [2.45, 2.75) is 49.3 Å². The van der Waals surface area contributed by atoms with E-state index >= 15 is 0 Å². The third-order valence-electron chi connectivity index (χ3n) is 4.37. The van der Waals surface area contributed by atoms with Crippen molar-refractivity contribution in [3.05, 3.63) is 29.8 Å². The van der Waals surface area contributed by atoms with Crippen molar-refractivity contribution in [2.24, 2.45) is 5.92 Å². The first-order chi connectivity index (χ1) is 10.6. The molecule has 1 atom stereocenters. The van der Waals surface area contributed by atoms with E-state index in [1.807, 2.05) is 18.2 Å². The molecule has 1 aromatic carbocycles. The Labute approximate surface area is 137 Å². The molecular formula is C18H26N2OS. The van der Waals surface area contributed by atoms with Crippen LogP contribution in [0.3, 0.4) is 0 Å². The molecule has 1 unspecified atom stereocenters. The lowest BCUT2D eigenvalue weighted by molar-refractivity contribution is 0.0678. The predicted octanol–water partition coefficient (Wildman–Crippen LogP) is 3.40. The Hall–Kier alpha value is -1.00. The topological polar surface area (TPSA) is 32.3 Å². The van der Waals surface area contributed by atoms with Crippen LogP contribution in [0.1, 0.15) is 43.5 Å². The van der Waals surface area contributed by atoms with Gasteiger partial charge >= 0.3 is 0 Å². The molecule has 0 aromatic heterocycles. The minimum atomic E-state index is 0.226. The van der Waals surface area contributed by atoms with E-state index in [4.69, 9.17) is 0 Å². The molecule has 1 aromatic rings. The van der Waals surface area contributed by atoms with Gasteiger partial charge in [0.05, 0.1) is 5.56 Å². The maximum absolute atomic E-state index is 13.2. The van der Waals surface area contributed by atoms with Crippen molar-refractivity contribution >= 4 is 17.7 Å². The third-order valence-corrected chi connectivity index (χ3v) is 5.45. The number of hydrogen-bond acceptors (Lipinski definition) is 3. The molecule has 120 valence electrons. The maximum Gasteiger partial charge on any atom is 0.255 e. The van der Waals surface area contributed by atoms with Crippen LogP contribution in [0.5, 0.6) is 0 Å². The molecule has 1 saturated heterocycles. The highest BCUT2D eigenvalue weighted by molar-refractivity contribution is 8.00. The van der Waals surface area contributed by atoms with Gasteiger partial charge in [0.1, 0.15) is 0 Å². The van der Waals surface area contributed by atoms with Crippen LogP contribution in [-0.2, 0) is 0 Å². The van der Waals surface area contributed by atoms with Gasteiger partial charge < -0.3 is 10.2 Å². The molecule has 1 amide bonds. The van der Waals surface area contributed by atoms with E-state index in [9.17, 15) is 4.79 Å². The second kappa shape index (κ2) is 7.05. The molecule has 22 heavy (non-hydrogen) atoms. The van der Waals surface area contributed by atoms with Gasteiger partial charge in [-0.1, -0.05) is 26.0 Å². The normalized spacial score (nSPS) is 21.3. The summed E-state index contributed by atoms with van der Waals surface area (Å²) in [5.41, 5.74) is 0.883. The van der Waals surface area contributed by atoms with E-state index in [0.29, 0.717) is 11.3 Å². The Balaban J connectivity index is 1.82. The third kappa shape index (κ3) is 3.85. The fourth-order valence-corrected chi connectivity index (χ4v) is 3.98. The number of thioether (sulfide) groups is 1. The predicted molar refractivity (Wildman–Crippen MR) is 92.5 cm³/mol. The first kappa shape index (κ1) is 15.9. The molecule has 0 bridgehead atoms. The smallest absolute Gasteiger partial charge is 0.255 e. The van der Waals surface area contributed by atoms with Crippen LogP contribution in [-0.4, -0.2) is 41.7 Å². The largest absolute Gasteiger partial charge is 0.334 e. The lowest BCUT2D eigenvalue weighted by Gasteiger charge is -2.29. The Bertz CT molecular complexity index is 522. The summed E-state index contributed by atoms with van der Waals surface area (Å²) < 4.78 is 0. The minimum Gasteiger partial charge on any atom is -0.334 e. The summed E-state index contributed by atoms with van der Waals surface area (Å²) in [6.45, 7) is 7.26. The fraction of sp³-hybridized carbons (Fsp3) is 0.611. The lowest BCUT2D eigenvalue weighted by atomic mass is 10.1. The van der Waals surface area contributed by atoms with Gasteiger partial charge in [-0.25, -0.2) is 0 Å². The number of rotatable bonds is 6. The Morgan fingerprint density at radius 3 is 2.73 bits per heavy atom. The zero-order valence-corrected chi connectivity index (χ0v) is 14.4. The quantitative estimate of drug-likeness (QED) is 0.816. The van der Waals surface area contributed by atoms with Gasteiger partial charge in [0.25, 0.3) is 5.91 Å². The van der Waals surface area contributed by atoms with Gasteiger partial charge in [0.2, 0.25) is 0 Å². The van der Waals surface area contributed by atoms with Crippen molar-refractivity contribution in [1.29, 1.82) is 0 Å². The number of amides is 1. The molecule has 1 aliphatic carbocycles. The second-order valence-corrected chi connectivity index (χ2v) is 8.33. The summed E-state index contributed by atoms with van der Waals surface area (Å²) >= 11 is 1.78. The van der Waals surface area contributed by atoms with Crippen LogP contribution in [0.25, 0.3) is 0 Å². The monoisotopic (exact) mass is 318 g/mol. The number of benzene rings is 1. The van der Waals surface area contributed by atoms with Crippen molar-refractivity contribution in [3.8, 4) is 0 Å². The number of carbonyl (C=O) groups excluding carboxylic acids is 1. The van der Waals surface area contributed by atoms with Crippen LogP contribution in [0.4, 0.5) is 0 Å². The van der Waals surface area contributed by atoms with E-state index in [0.717, 1.165) is 42.4 Å². The fourth-order valence-electron chi connectivity index (χ4n) is 3.04. The molecule has 0 radical (unpaired) electrons. The molecule has 2 aliphatic rings. The van der Waals surface area contributed by atoms with Gasteiger partial charge in [-0.3, -0.25) is 4.79 Å². The lowest BCUT2D eigenvalue weighted by Crippen LogP contribution is -2.43. The Morgan fingerprint density at radius 1 is 1.32 bits per heavy atom. The maximum atomic E-state index is 13.2. The van der Waals surface area contributed by atoms with E-state index in [1.54, 1.807) is 11.8 Å². The van der Waals surface area contributed by atoms with Crippen LogP contribution in [0, 0.1) is 5.92 Å². The molecule has 1 saturated carbocycles. The van der Waals surface area contributed by atoms with Crippen molar-refractivity contribution in [2.75, 3.05) is 19.6 Å². The number of nitrogens with one attached hydrogen (secondary N) is 1. The summed E-state index contributed by atoms with van der Waals surface area (Å²) in [5, 5.41) is 3.89. The van der Waals surface area contributed by atoms with E-state index < -0.39 is 0 Å². The summed E-state index contributed by atoms with van der Waals surface area (Å²) in [6, 6.07) is 8.46. The molecule has 1 heterocycles. The van der Waals surface area contributed by atoms with Gasteiger partial charge in [0, 0.05) is 29.3 Å². The average Bonchev–Trinajstić information content (AvgIpc) is 3.16. The zero-order valence-electron chi connectivity index (χ0n) is 13.5. The second-order valence-electron chi connectivity index (χ2n) is 6.71. The summed E-state index contributed by atoms with van der Waals surface area (Å²) in [4.78, 5) is 16.5. The van der Waals surface area contributed by atoms with Gasteiger partial charge in [-0.15, -0.1) is 11.8 Å². The standard InChI is InChI=1S/C18H26N2OS/c1-13(2)22-17-6-4-3-5-16(17)18(21)20(12-14-7-8-14)15-9-10-19-11-15/h3-6,13-15,19H,7-12H2,1-2H3. The first-order valence-corrected chi connectivity index (χ1v) is 9.30. The number of nitrogens with zero attached hydrogens (tertiary/aromatic N) is 1. The molecule has 0 spiro atoms. The molecule has 2 fully saturated rings. The van der Waals surface area contributed by atoms with Crippen LogP contribution in [0.15, 0.2) is 29.2 Å². The van der Waals surface area contributed by atoms with Crippen LogP contribution in [0.2, 0.25) is 0 Å². The highest BCUT2D eigenvalue weighted by Crippen LogP contribution is 2.33. The molecule has 3 rings (SSSR count). The van der Waals surface area contributed by atoms with Crippen molar-refractivity contribution in [3.63, 3.8) is 0 Å². The first-order valence-electron chi connectivity index (χ1n) is 8.42. The zero-order chi connectivity index (χ0) is 15.5. The molecule has 1 N–H and O–H groups in total. The summed E-state index contributed by atoms with van der Waals surface area (Å²) in [7, 11) is 0. The molecule has 1 aliphatic heterocycles. The average molecular weight is 318 g/mol. The van der Waals surface area contributed by atoms with Gasteiger partial charge in [-0.05, 0) is 43.9 Å². The van der Waals surface area contributed by atoms with E-state index in [1.165, 1.54) is 12.8 Å². The highest BCUT2D eigenvalue weighted by atomic mass is 32.2. The summed E-state index contributed by atoms with van der Waals surface area (Å²) in [6.07, 6.45) is 3.65. The number of hydrogen-bond donors (Lipinski definition) is 1. The highest BCUT2D eigenvalue weighted by Gasteiger charge is 2.33. The van der Waals surface area contributed by atoms with Crippen LogP contribution < -0.4 is 5.32 Å². The van der Waals surface area contributed by atoms with Crippen molar-refractivity contribution in [1.82, 2.24) is 10.2 Å². The van der Waals surface area contributed by atoms with Crippen LogP contribution >= 0.6 is 11.8 Å². The van der Waals surface area contributed by atoms with Gasteiger partial charge in [0.15, 0.2) is 0 Å². The van der Waals surface area contributed by atoms with Crippen molar-refractivity contribution < 1.29 is 4.79 Å². The number of carbonyl (C=O) groups is 1. The molecular weight excluding hydrogens is 292 g/mol. The van der Waals surface area contributed by atoms with E-state index in [2.05, 4.69) is 30.1 Å². The minimum absolute atomic E-state index is 0.226. The molecule has 4 heteroatoms. The Kier molecular flexibility index (Phi) is 5.09. The SMILES string of the molecule is CC(C)Sc1ccccc1C(=O)N(CC1CC1)C1CCNC1. The summed E-state index contributed by atoms with van der Waals surface area (Å²) in [5.74, 6) is 0.957. The van der Waals surface area contributed by atoms with E-state index in [-0.39, 0.29) is 5.91 Å². The van der Waals surface area contributed by atoms with Gasteiger partial charge in [-0.2, -0.15) is 0 Å². The molecule has 3 nitrogen and oxygen atoms in total.